The fourth-order valence-corrected chi connectivity index (χ4v) is 2.86. The van der Waals surface area contributed by atoms with E-state index in [4.69, 9.17) is 16.9 Å². The predicted molar refractivity (Wildman–Crippen MR) is 81.6 cm³/mol. The Morgan fingerprint density at radius 2 is 2.21 bits per heavy atom. The predicted octanol–water partition coefficient (Wildman–Crippen LogP) is 2.87. The van der Waals surface area contributed by atoms with Crippen LogP contribution in [0, 0.1) is 11.3 Å². The summed E-state index contributed by atoms with van der Waals surface area (Å²) in [6.45, 7) is 0.278. The lowest BCUT2D eigenvalue weighted by atomic mass is 10.3. The first kappa shape index (κ1) is 18.4. The first-order valence-electron chi connectivity index (χ1n) is 6.59. The molecule has 2 rings (SSSR count). The van der Waals surface area contributed by atoms with Gasteiger partial charge in [0.25, 0.3) is 0 Å². The van der Waals surface area contributed by atoms with Crippen molar-refractivity contribution in [1.29, 1.82) is 5.26 Å². The van der Waals surface area contributed by atoms with Gasteiger partial charge in [0, 0.05) is 19.8 Å². The molecule has 0 aliphatic rings. The number of hydrogen-bond donors (Lipinski definition) is 0. The van der Waals surface area contributed by atoms with Crippen LogP contribution in [0.5, 0.6) is 0 Å². The molecule has 11 heteroatoms. The maximum Gasteiger partial charge on any atom is 0.417 e. The molecule has 0 bridgehead atoms. The highest BCUT2D eigenvalue weighted by Gasteiger charge is 2.32. The van der Waals surface area contributed by atoms with Gasteiger partial charge < -0.3 is 4.90 Å². The molecule has 0 N–H and O–H groups in total. The molecule has 0 spiro atoms. The number of carbonyl (C=O) groups excluding carboxylic acids is 1. The number of alkyl halides is 3. The van der Waals surface area contributed by atoms with Crippen LogP contribution in [0.25, 0.3) is 5.65 Å². The SMILES string of the molecule is CN(CCC#N)C(=O)CSc1nnc2c(Cl)cc(C(F)(F)F)cn12. The molecule has 2 heterocycles. The van der Waals surface area contributed by atoms with Crippen molar-refractivity contribution < 1.29 is 18.0 Å². The van der Waals surface area contributed by atoms with Crippen LogP contribution in [0.15, 0.2) is 17.4 Å². The minimum atomic E-state index is -4.56. The van der Waals surface area contributed by atoms with Gasteiger partial charge >= 0.3 is 6.18 Å². The molecule has 2 aromatic rings. The molecule has 2 aromatic heterocycles. The molecule has 0 saturated carbocycles. The number of halogens is 4. The number of fused-ring (bicyclic) bond motifs is 1. The lowest BCUT2D eigenvalue weighted by molar-refractivity contribution is -0.138. The van der Waals surface area contributed by atoms with Crippen molar-refractivity contribution in [3.05, 3.63) is 22.8 Å². The molecule has 24 heavy (non-hydrogen) atoms. The van der Waals surface area contributed by atoms with Crippen molar-refractivity contribution in [3.63, 3.8) is 0 Å². The summed E-state index contributed by atoms with van der Waals surface area (Å²) in [4.78, 5) is 13.3. The van der Waals surface area contributed by atoms with Gasteiger partial charge in [-0.1, -0.05) is 23.4 Å². The molecule has 0 atom stereocenters. The van der Waals surface area contributed by atoms with Crippen LogP contribution in [-0.4, -0.2) is 44.8 Å². The number of hydrogen-bond acceptors (Lipinski definition) is 5. The Morgan fingerprint density at radius 1 is 1.50 bits per heavy atom. The van der Waals surface area contributed by atoms with E-state index in [1.807, 2.05) is 6.07 Å². The molecule has 128 valence electrons. The van der Waals surface area contributed by atoms with Crippen molar-refractivity contribution in [2.45, 2.75) is 17.8 Å². The average Bonchev–Trinajstić information content (AvgIpc) is 2.93. The molecule has 1 amide bonds. The normalized spacial score (nSPS) is 11.5. The molecule has 0 fully saturated rings. The second-order valence-corrected chi connectivity index (χ2v) is 6.11. The Kier molecular flexibility index (Phi) is 5.56. The van der Waals surface area contributed by atoms with Crippen molar-refractivity contribution in [2.24, 2.45) is 0 Å². The topological polar surface area (TPSA) is 74.3 Å². The fourth-order valence-electron chi connectivity index (χ4n) is 1.77. The molecule has 0 saturated heterocycles. The number of pyridine rings is 1. The second-order valence-electron chi connectivity index (χ2n) is 4.76. The summed E-state index contributed by atoms with van der Waals surface area (Å²) in [6, 6.07) is 2.70. The maximum atomic E-state index is 12.9. The van der Waals surface area contributed by atoms with Gasteiger partial charge in [0.2, 0.25) is 5.91 Å². The summed E-state index contributed by atoms with van der Waals surface area (Å²) in [5.74, 6) is -0.318. The number of carbonyl (C=O) groups is 1. The zero-order chi connectivity index (χ0) is 17.9. The smallest absolute Gasteiger partial charge is 0.344 e. The van der Waals surface area contributed by atoms with E-state index >= 15 is 0 Å². The van der Waals surface area contributed by atoms with E-state index in [9.17, 15) is 18.0 Å². The zero-order valence-electron chi connectivity index (χ0n) is 12.3. The number of thioether (sulfide) groups is 1. The van der Waals surface area contributed by atoms with E-state index in [-0.39, 0.29) is 40.5 Å². The molecule has 6 nitrogen and oxygen atoms in total. The van der Waals surface area contributed by atoms with E-state index < -0.39 is 11.7 Å². The first-order valence-corrected chi connectivity index (χ1v) is 7.95. The summed E-state index contributed by atoms with van der Waals surface area (Å²) in [5, 5.41) is 16.0. The van der Waals surface area contributed by atoms with Crippen LogP contribution < -0.4 is 0 Å². The largest absolute Gasteiger partial charge is 0.417 e. The summed E-state index contributed by atoms with van der Waals surface area (Å²) in [5.41, 5.74) is -0.850. The lowest BCUT2D eigenvalue weighted by Gasteiger charge is -2.14. The van der Waals surface area contributed by atoms with Crippen molar-refractivity contribution in [1.82, 2.24) is 19.5 Å². The van der Waals surface area contributed by atoms with Crippen LogP contribution in [0.4, 0.5) is 13.2 Å². The number of amides is 1. The molecule has 0 unspecified atom stereocenters. The third-order valence-corrected chi connectivity index (χ3v) is 4.27. The molecular formula is C13H11ClF3N5OS. The van der Waals surface area contributed by atoms with E-state index in [1.54, 1.807) is 7.05 Å². The monoisotopic (exact) mass is 377 g/mol. The minimum absolute atomic E-state index is 0.0451. The highest BCUT2D eigenvalue weighted by atomic mass is 35.5. The van der Waals surface area contributed by atoms with Gasteiger partial charge in [0.1, 0.15) is 0 Å². The van der Waals surface area contributed by atoms with Crippen molar-refractivity contribution in [3.8, 4) is 6.07 Å². The summed E-state index contributed by atoms with van der Waals surface area (Å²) in [6.07, 6.45) is -3.52. The Balaban J connectivity index is 2.20. The van der Waals surface area contributed by atoms with Gasteiger partial charge in [-0.3, -0.25) is 9.20 Å². The molecular weight excluding hydrogens is 367 g/mol. The van der Waals surface area contributed by atoms with Gasteiger partial charge in [0.05, 0.1) is 28.8 Å². The van der Waals surface area contributed by atoms with Crippen LogP contribution in [0.3, 0.4) is 0 Å². The van der Waals surface area contributed by atoms with Crippen molar-refractivity contribution >= 4 is 34.9 Å². The van der Waals surface area contributed by atoms with Crippen LogP contribution >= 0.6 is 23.4 Å². The highest BCUT2D eigenvalue weighted by molar-refractivity contribution is 7.99. The quantitative estimate of drug-likeness (QED) is 0.749. The number of rotatable bonds is 5. The van der Waals surface area contributed by atoms with Crippen LogP contribution in [-0.2, 0) is 11.0 Å². The molecule has 0 radical (unpaired) electrons. The fraction of sp³-hybridized carbons (Fsp3) is 0.385. The summed E-state index contributed by atoms with van der Waals surface area (Å²) >= 11 is 6.76. The molecule has 0 aliphatic carbocycles. The van der Waals surface area contributed by atoms with Gasteiger partial charge in [-0.05, 0) is 6.07 Å². The first-order chi connectivity index (χ1) is 11.2. The standard InChI is InChI=1S/C13H11ClF3N5OS/c1-21(4-2-3-18)10(23)7-24-12-20-19-11-9(14)5-8(6-22(11)12)13(15,16)17/h5-6H,2,4,7H2,1H3. The highest BCUT2D eigenvalue weighted by Crippen LogP contribution is 2.33. The second kappa shape index (κ2) is 7.27. The maximum absolute atomic E-state index is 12.9. The average molecular weight is 378 g/mol. The third kappa shape index (κ3) is 4.10. The Bertz CT molecular complexity index is 801. The number of nitrogens with zero attached hydrogens (tertiary/aromatic N) is 5. The van der Waals surface area contributed by atoms with Crippen molar-refractivity contribution in [2.75, 3.05) is 19.3 Å². The molecule has 0 aliphatic heterocycles. The van der Waals surface area contributed by atoms with Gasteiger partial charge in [-0.2, -0.15) is 18.4 Å². The lowest BCUT2D eigenvalue weighted by Crippen LogP contribution is -2.29. The van der Waals surface area contributed by atoms with Gasteiger partial charge in [0.15, 0.2) is 10.8 Å². The van der Waals surface area contributed by atoms with Crippen LogP contribution in [0.2, 0.25) is 5.02 Å². The Labute approximate surface area is 144 Å². The van der Waals surface area contributed by atoms with Gasteiger partial charge in [-0.25, -0.2) is 0 Å². The Morgan fingerprint density at radius 3 is 2.83 bits per heavy atom. The van der Waals surface area contributed by atoms with E-state index in [1.165, 1.54) is 4.90 Å². The zero-order valence-corrected chi connectivity index (χ0v) is 13.9. The minimum Gasteiger partial charge on any atom is -0.344 e. The third-order valence-electron chi connectivity index (χ3n) is 3.07. The summed E-state index contributed by atoms with van der Waals surface area (Å²) < 4.78 is 39.7. The van der Waals surface area contributed by atoms with E-state index in [2.05, 4.69) is 10.2 Å². The van der Waals surface area contributed by atoms with Crippen LogP contribution in [0.1, 0.15) is 12.0 Å². The summed E-state index contributed by atoms with van der Waals surface area (Å²) in [7, 11) is 1.54. The number of aromatic nitrogens is 3. The van der Waals surface area contributed by atoms with E-state index in [0.29, 0.717) is 0 Å². The Hall–Kier alpha value is -1.99. The molecule has 0 aromatic carbocycles. The van der Waals surface area contributed by atoms with E-state index in [0.717, 1.165) is 28.4 Å². The van der Waals surface area contributed by atoms with Gasteiger partial charge in [-0.15, -0.1) is 10.2 Å². The number of nitriles is 1.